The maximum atomic E-state index is 12.5. The van der Waals surface area contributed by atoms with Crippen molar-refractivity contribution in [3.63, 3.8) is 0 Å². The van der Waals surface area contributed by atoms with Crippen LogP contribution in [0.4, 0.5) is 5.13 Å². The van der Waals surface area contributed by atoms with E-state index < -0.39 is 0 Å². The third-order valence-electron chi connectivity index (χ3n) is 4.98. The van der Waals surface area contributed by atoms with Crippen LogP contribution < -0.4 is 5.32 Å². The molecule has 0 bridgehead atoms. The highest BCUT2D eigenvalue weighted by atomic mass is 35.5. The van der Waals surface area contributed by atoms with Gasteiger partial charge in [0.25, 0.3) is 0 Å². The second-order valence-corrected chi connectivity index (χ2v) is 8.84. The number of nitrogens with one attached hydrogen (secondary N) is 1. The smallest absolute Gasteiger partial charge is 0.226 e. The van der Waals surface area contributed by atoms with Crippen LogP contribution in [0.3, 0.4) is 0 Å². The molecule has 0 saturated heterocycles. The van der Waals surface area contributed by atoms with Crippen LogP contribution in [0.25, 0.3) is 21.7 Å². The van der Waals surface area contributed by atoms with Crippen molar-refractivity contribution in [2.45, 2.75) is 19.8 Å². The van der Waals surface area contributed by atoms with E-state index >= 15 is 0 Å². The molecule has 1 heterocycles. The Kier molecular flexibility index (Phi) is 6.78. The van der Waals surface area contributed by atoms with E-state index in [1.54, 1.807) is 12.1 Å². The molecule has 1 N–H and O–H groups in total. The molecule has 0 radical (unpaired) electrons. The van der Waals surface area contributed by atoms with Gasteiger partial charge in [-0.1, -0.05) is 95.2 Å². The Morgan fingerprint density at radius 1 is 0.875 bits per heavy atom. The van der Waals surface area contributed by atoms with Gasteiger partial charge in [-0.25, -0.2) is 4.98 Å². The number of anilines is 1. The molecule has 0 saturated carbocycles. The first-order valence-electron chi connectivity index (χ1n) is 10.2. The van der Waals surface area contributed by atoms with Crippen LogP contribution in [0.15, 0.2) is 78.9 Å². The average molecular weight is 461 g/mol. The quantitative estimate of drug-likeness (QED) is 0.301. The number of Topliss-reactive ketones (excluding diaryl/α,β-unsaturated/α-hetero) is 1. The molecule has 4 aromatic rings. The molecule has 3 aromatic carbocycles. The Hall–Kier alpha value is -3.28. The van der Waals surface area contributed by atoms with Gasteiger partial charge < -0.3 is 5.32 Å². The van der Waals surface area contributed by atoms with Gasteiger partial charge in [-0.3, -0.25) is 9.59 Å². The summed E-state index contributed by atoms with van der Waals surface area (Å²) in [6, 6.07) is 24.8. The van der Waals surface area contributed by atoms with Crippen molar-refractivity contribution in [2.75, 3.05) is 5.32 Å². The summed E-state index contributed by atoms with van der Waals surface area (Å²) in [4.78, 5) is 30.5. The number of carbonyl (C=O) groups is 2. The van der Waals surface area contributed by atoms with E-state index in [0.717, 1.165) is 27.3 Å². The van der Waals surface area contributed by atoms with Crippen molar-refractivity contribution in [3.8, 4) is 21.7 Å². The van der Waals surface area contributed by atoms with E-state index in [1.807, 2.05) is 73.7 Å². The SMILES string of the molecule is Cc1ccc(C(=O)CCC(=O)Nc2nc(-c3ccccc3)c(-c3ccc(Cl)cc3)s2)cc1. The zero-order valence-corrected chi connectivity index (χ0v) is 19.0. The van der Waals surface area contributed by atoms with Gasteiger partial charge in [0, 0.05) is 29.0 Å². The first-order valence-corrected chi connectivity index (χ1v) is 11.4. The number of aromatic nitrogens is 1. The fourth-order valence-electron chi connectivity index (χ4n) is 3.25. The second kappa shape index (κ2) is 9.90. The van der Waals surface area contributed by atoms with Gasteiger partial charge >= 0.3 is 0 Å². The number of carbonyl (C=O) groups excluding carboxylic acids is 2. The van der Waals surface area contributed by atoms with Gasteiger partial charge in [-0.2, -0.15) is 0 Å². The topological polar surface area (TPSA) is 59.1 Å². The highest BCUT2D eigenvalue weighted by Gasteiger charge is 2.17. The summed E-state index contributed by atoms with van der Waals surface area (Å²) in [5.41, 5.74) is 4.44. The standard InChI is InChI=1S/C26H21ClN2O2S/c1-17-7-9-18(10-8-17)22(30)15-16-23(31)28-26-29-24(19-5-3-2-4-6-19)25(32-26)20-11-13-21(27)14-12-20/h2-14H,15-16H2,1H3,(H,28,29,31). The van der Waals surface area contributed by atoms with Gasteiger partial charge in [0.15, 0.2) is 10.9 Å². The molecule has 1 amide bonds. The van der Waals surface area contributed by atoms with Crippen molar-refractivity contribution in [3.05, 3.63) is 95.0 Å². The predicted molar refractivity (Wildman–Crippen MR) is 131 cm³/mol. The predicted octanol–water partition coefficient (Wildman–Crippen LogP) is 7.04. The normalized spacial score (nSPS) is 10.7. The van der Waals surface area contributed by atoms with Crippen LogP contribution in [-0.4, -0.2) is 16.7 Å². The van der Waals surface area contributed by atoms with E-state index in [2.05, 4.69) is 10.3 Å². The van der Waals surface area contributed by atoms with Crippen LogP contribution in [0.2, 0.25) is 5.02 Å². The lowest BCUT2D eigenvalue weighted by Gasteiger charge is -2.03. The molecule has 0 aliphatic carbocycles. The van der Waals surface area contributed by atoms with Crippen LogP contribution in [-0.2, 0) is 4.79 Å². The number of benzene rings is 3. The highest BCUT2D eigenvalue weighted by Crippen LogP contribution is 2.39. The summed E-state index contributed by atoms with van der Waals surface area (Å²) in [5.74, 6) is -0.285. The van der Waals surface area contributed by atoms with E-state index in [4.69, 9.17) is 11.6 Å². The number of amides is 1. The Balaban J connectivity index is 1.51. The van der Waals surface area contributed by atoms with Crippen molar-refractivity contribution in [1.82, 2.24) is 4.98 Å². The molecule has 0 aliphatic rings. The summed E-state index contributed by atoms with van der Waals surface area (Å²) in [5, 5.41) is 4.02. The molecular weight excluding hydrogens is 440 g/mol. The molecule has 6 heteroatoms. The fourth-order valence-corrected chi connectivity index (χ4v) is 4.39. The maximum absolute atomic E-state index is 12.5. The summed E-state index contributed by atoms with van der Waals surface area (Å²) < 4.78 is 0. The lowest BCUT2D eigenvalue weighted by Crippen LogP contribution is -2.13. The number of ketones is 1. The first kappa shape index (κ1) is 21.9. The minimum Gasteiger partial charge on any atom is -0.302 e. The number of hydrogen-bond acceptors (Lipinski definition) is 4. The van der Waals surface area contributed by atoms with E-state index in [0.29, 0.717) is 15.7 Å². The van der Waals surface area contributed by atoms with Crippen molar-refractivity contribution in [2.24, 2.45) is 0 Å². The van der Waals surface area contributed by atoms with Crippen LogP contribution in [0.5, 0.6) is 0 Å². The van der Waals surface area contributed by atoms with Crippen molar-refractivity contribution < 1.29 is 9.59 Å². The Morgan fingerprint density at radius 2 is 1.56 bits per heavy atom. The minimum atomic E-state index is -0.235. The monoisotopic (exact) mass is 460 g/mol. The molecule has 0 unspecified atom stereocenters. The van der Waals surface area contributed by atoms with Crippen LogP contribution in [0.1, 0.15) is 28.8 Å². The van der Waals surface area contributed by atoms with Crippen LogP contribution in [0, 0.1) is 6.92 Å². The highest BCUT2D eigenvalue weighted by molar-refractivity contribution is 7.19. The molecule has 4 rings (SSSR count). The lowest BCUT2D eigenvalue weighted by atomic mass is 10.1. The van der Waals surface area contributed by atoms with Gasteiger partial charge in [-0.05, 0) is 24.6 Å². The number of rotatable bonds is 7. The largest absolute Gasteiger partial charge is 0.302 e. The summed E-state index contributed by atoms with van der Waals surface area (Å²) in [6.07, 6.45) is 0.249. The fraction of sp³-hybridized carbons (Fsp3) is 0.115. The maximum Gasteiger partial charge on any atom is 0.226 e. The van der Waals surface area contributed by atoms with E-state index in [1.165, 1.54) is 11.3 Å². The summed E-state index contributed by atoms with van der Waals surface area (Å²) in [6.45, 7) is 1.97. The average Bonchev–Trinajstić information content (AvgIpc) is 3.22. The zero-order valence-electron chi connectivity index (χ0n) is 17.5. The van der Waals surface area contributed by atoms with Gasteiger partial charge in [0.2, 0.25) is 5.91 Å². The number of hydrogen-bond donors (Lipinski definition) is 1. The van der Waals surface area contributed by atoms with Gasteiger partial charge in [-0.15, -0.1) is 0 Å². The summed E-state index contributed by atoms with van der Waals surface area (Å²) in [7, 11) is 0. The van der Waals surface area contributed by atoms with Crippen molar-refractivity contribution in [1.29, 1.82) is 0 Å². The third-order valence-corrected chi connectivity index (χ3v) is 6.25. The molecule has 4 nitrogen and oxygen atoms in total. The number of halogens is 1. The molecule has 160 valence electrons. The van der Waals surface area contributed by atoms with E-state index in [-0.39, 0.29) is 24.5 Å². The molecule has 0 fully saturated rings. The lowest BCUT2D eigenvalue weighted by molar-refractivity contribution is -0.116. The number of nitrogens with zero attached hydrogens (tertiary/aromatic N) is 1. The Labute approximate surface area is 195 Å². The second-order valence-electron chi connectivity index (χ2n) is 7.41. The molecule has 0 atom stereocenters. The third kappa shape index (κ3) is 5.31. The zero-order chi connectivity index (χ0) is 22.5. The summed E-state index contributed by atoms with van der Waals surface area (Å²) >= 11 is 7.45. The Morgan fingerprint density at radius 3 is 2.25 bits per heavy atom. The van der Waals surface area contributed by atoms with Gasteiger partial charge in [0.05, 0.1) is 10.6 Å². The molecular formula is C26H21ClN2O2S. The van der Waals surface area contributed by atoms with Crippen molar-refractivity contribution >= 4 is 39.8 Å². The van der Waals surface area contributed by atoms with Gasteiger partial charge in [0.1, 0.15) is 0 Å². The molecule has 0 spiro atoms. The molecule has 32 heavy (non-hydrogen) atoms. The molecule has 0 aliphatic heterocycles. The molecule has 1 aromatic heterocycles. The minimum absolute atomic E-state index is 0.0499. The van der Waals surface area contributed by atoms with E-state index in [9.17, 15) is 9.59 Å². The first-order chi connectivity index (χ1) is 15.5. The Bertz CT molecular complexity index is 1230. The van der Waals surface area contributed by atoms with Crippen LogP contribution >= 0.6 is 22.9 Å². The number of aryl methyl sites for hydroxylation is 1. The number of thiazole rings is 1.